The summed E-state index contributed by atoms with van der Waals surface area (Å²) in [6, 6.07) is 4.05. The zero-order chi connectivity index (χ0) is 9.97. The third-order valence-corrected chi connectivity index (χ3v) is 2.79. The monoisotopic (exact) mass is 192 g/mol. The lowest BCUT2D eigenvalue weighted by atomic mass is 10.1. The lowest BCUT2D eigenvalue weighted by Crippen LogP contribution is -2.10. The summed E-state index contributed by atoms with van der Waals surface area (Å²) in [5.41, 5.74) is 1.34. The molecule has 1 aromatic heterocycles. The molecular formula is C11H16N2O. The molecule has 0 aliphatic heterocycles. The molecule has 2 atom stereocenters. The molecular weight excluding hydrogens is 176 g/mol. The Morgan fingerprint density at radius 3 is 3.00 bits per heavy atom. The molecule has 1 aliphatic rings. The average molecular weight is 192 g/mol. The SMILES string of the molecule is CNCC1CC1c1ccc(OC)nc1. The molecule has 0 amide bonds. The molecule has 0 bridgehead atoms. The van der Waals surface area contributed by atoms with E-state index in [9.17, 15) is 0 Å². The highest BCUT2D eigenvalue weighted by Gasteiger charge is 2.37. The van der Waals surface area contributed by atoms with Crippen molar-refractivity contribution in [3.8, 4) is 5.88 Å². The Balaban J connectivity index is 1.98. The number of aromatic nitrogens is 1. The molecule has 0 aromatic carbocycles. The van der Waals surface area contributed by atoms with Gasteiger partial charge in [0, 0.05) is 12.3 Å². The maximum Gasteiger partial charge on any atom is 0.212 e. The number of rotatable bonds is 4. The summed E-state index contributed by atoms with van der Waals surface area (Å²) >= 11 is 0. The summed E-state index contributed by atoms with van der Waals surface area (Å²) in [7, 11) is 3.64. The van der Waals surface area contributed by atoms with Crippen molar-refractivity contribution in [2.75, 3.05) is 20.7 Å². The van der Waals surface area contributed by atoms with Gasteiger partial charge in [-0.15, -0.1) is 0 Å². The van der Waals surface area contributed by atoms with Gasteiger partial charge in [0.2, 0.25) is 5.88 Å². The fraction of sp³-hybridized carbons (Fsp3) is 0.545. The van der Waals surface area contributed by atoms with Crippen molar-refractivity contribution in [1.82, 2.24) is 10.3 Å². The molecule has 3 heteroatoms. The van der Waals surface area contributed by atoms with E-state index < -0.39 is 0 Å². The van der Waals surface area contributed by atoms with Gasteiger partial charge in [0.1, 0.15) is 0 Å². The van der Waals surface area contributed by atoms with Gasteiger partial charge < -0.3 is 10.1 Å². The van der Waals surface area contributed by atoms with Gasteiger partial charge in [0.15, 0.2) is 0 Å². The molecule has 0 saturated heterocycles. The summed E-state index contributed by atoms with van der Waals surface area (Å²) in [5, 5.41) is 3.21. The van der Waals surface area contributed by atoms with Crippen molar-refractivity contribution in [2.45, 2.75) is 12.3 Å². The number of hydrogen-bond donors (Lipinski definition) is 1. The molecule has 14 heavy (non-hydrogen) atoms. The minimum Gasteiger partial charge on any atom is -0.481 e. The van der Waals surface area contributed by atoms with Crippen LogP contribution in [0.5, 0.6) is 5.88 Å². The first-order valence-corrected chi connectivity index (χ1v) is 4.99. The van der Waals surface area contributed by atoms with E-state index in [0.717, 1.165) is 12.5 Å². The zero-order valence-corrected chi connectivity index (χ0v) is 8.66. The summed E-state index contributed by atoms with van der Waals surface area (Å²) < 4.78 is 5.02. The van der Waals surface area contributed by atoms with Crippen LogP contribution in [-0.2, 0) is 0 Å². The lowest BCUT2D eigenvalue weighted by molar-refractivity contribution is 0.397. The van der Waals surface area contributed by atoms with Gasteiger partial charge in [0.05, 0.1) is 7.11 Å². The average Bonchev–Trinajstić information content (AvgIpc) is 2.98. The van der Waals surface area contributed by atoms with E-state index in [4.69, 9.17) is 4.74 Å². The van der Waals surface area contributed by atoms with E-state index in [-0.39, 0.29) is 0 Å². The van der Waals surface area contributed by atoms with Crippen LogP contribution in [0.25, 0.3) is 0 Å². The molecule has 1 saturated carbocycles. The maximum atomic E-state index is 5.02. The Hall–Kier alpha value is -1.09. The van der Waals surface area contributed by atoms with Crippen LogP contribution in [0.2, 0.25) is 0 Å². The van der Waals surface area contributed by atoms with Crippen LogP contribution < -0.4 is 10.1 Å². The normalized spacial score (nSPS) is 24.7. The van der Waals surface area contributed by atoms with E-state index in [0.29, 0.717) is 11.8 Å². The highest BCUT2D eigenvalue weighted by atomic mass is 16.5. The molecule has 1 fully saturated rings. The number of methoxy groups -OCH3 is 1. The summed E-state index contributed by atoms with van der Waals surface area (Å²) in [6.07, 6.45) is 3.22. The summed E-state index contributed by atoms with van der Waals surface area (Å²) in [4.78, 5) is 4.21. The second kappa shape index (κ2) is 3.96. The van der Waals surface area contributed by atoms with Crippen LogP contribution in [0.3, 0.4) is 0 Å². The van der Waals surface area contributed by atoms with Crippen molar-refractivity contribution in [3.63, 3.8) is 0 Å². The highest BCUT2D eigenvalue weighted by molar-refractivity contribution is 5.26. The predicted molar refractivity (Wildman–Crippen MR) is 55.6 cm³/mol. The molecule has 0 spiro atoms. The van der Waals surface area contributed by atoms with Gasteiger partial charge in [-0.3, -0.25) is 0 Å². The number of nitrogens with one attached hydrogen (secondary N) is 1. The van der Waals surface area contributed by atoms with Gasteiger partial charge in [-0.25, -0.2) is 4.98 Å². The first kappa shape index (κ1) is 9.46. The predicted octanol–water partition coefficient (Wildman–Crippen LogP) is 1.41. The van der Waals surface area contributed by atoms with Crippen molar-refractivity contribution in [2.24, 2.45) is 5.92 Å². The van der Waals surface area contributed by atoms with Crippen molar-refractivity contribution >= 4 is 0 Å². The second-order valence-corrected chi connectivity index (χ2v) is 3.79. The third kappa shape index (κ3) is 1.87. The van der Waals surface area contributed by atoms with Crippen LogP contribution >= 0.6 is 0 Å². The molecule has 2 unspecified atom stereocenters. The molecule has 1 aliphatic carbocycles. The van der Waals surface area contributed by atoms with Crippen LogP contribution in [0.15, 0.2) is 18.3 Å². The molecule has 2 rings (SSSR count). The van der Waals surface area contributed by atoms with E-state index in [2.05, 4.69) is 16.4 Å². The van der Waals surface area contributed by atoms with Gasteiger partial charge in [-0.1, -0.05) is 6.07 Å². The van der Waals surface area contributed by atoms with Gasteiger partial charge >= 0.3 is 0 Å². The van der Waals surface area contributed by atoms with E-state index in [1.54, 1.807) is 7.11 Å². The molecule has 1 aromatic rings. The number of hydrogen-bond acceptors (Lipinski definition) is 3. The number of nitrogens with zero attached hydrogens (tertiary/aromatic N) is 1. The summed E-state index contributed by atoms with van der Waals surface area (Å²) in [6.45, 7) is 1.11. The second-order valence-electron chi connectivity index (χ2n) is 3.79. The fourth-order valence-corrected chi connectivity index (χ4v) is 1.88. The third-order valence-electron chi connectivity index (χ3n) is 2.79. The topological polar surface area (TPSA) is 34.1 Å². The van der Waals surface area contributed by atoms with E-state index >= 15 is 0 Å². The van der Waals surface area contributed by atoms with Crippen LogP contribution in [0, 0.1) is 5.92 Å². The van der Waals surface area contributed by atoms with Crippen molar-refractivity contribution in [1.29, 1.82) is 0 Å². The van der Waals surface area contributed by atoms with Crippen LogP contribution in [-0.4, -0.2) is 25.7 Å². The smallest absolute Gasteiger partial charge is 0.212 e. The molecule has 1 heterocycles. The molecule has 76 valence electrons. The Bertz CT molecular complexity index is 297. The van der Waals surface area contributed by atoms with Crippen molar-refractivity contribution in [3.05, 3.63) is 23.9 Å². The maximum absolute atomic E-state index is 5.02. The van der Waals surface area contributed by atoms with Crippen LogP contribution in [0.4, 0.5) is 0 Å². The largest absolute Gasteiger partial charge is 0.481 e. The zero-order valence-electron chi connectivity index (χ0n) is 8.66. The first-order chi connectivity index (χ1) is 6.85. The lowest BCUT2D eigenvalue weighted by Gasteiger charge is -2.01. The fourth-order valence-electron chi connectivity index (χ4n) is 1.88. The Kier molecular flexibility index (Phi) is 2.68. The number of pyridine rings is 1. The molecule has 3 nitrogen and oxygen atoms in total. The first-order valence-electron chi connectivity index (χ1n) is 4.99. The molecule has 1 N–H and O–H groups in total. The van der Waals surface area contributed by atoms with Gasteiger partial charge in [-0.2, -0.15) is 0 Å². The standard InChI is InChI=1S/C11H16N2O/c1-12-6-9-5-10(9)8-3-4-11(14-2)13-7-8/h3-4,7,9-10,12H,5-6H2,1-2H3. The van der Waals surface area contributed by atoms with Gasteiger partial charge in [-0.05, 0) is 37.4 Å². The van der Waals surface area contributed by atoms with Crippen LogP contribution in [0.1, 0.15) is 17.9 Å². The Labute approximate surface area is 84.5 Å². The van der Waals surface area contributed by atoms with E-state index in [1.165, 1.54) is 12.0 Å². The Morgan fingerprint density at radius 1 is 1.57 bits per heavy atom. The summed E-state index contributed by atoms with van der Waals surface area (Å²) in [5.74, 6) is 2.20. The highest BCUT2D eigenvalue weighted by Crippen LogP contribution is 2.46. The minimum absolute atomic E-state index is 0.694. The van der Waals surface area contributed by atoms with E-state index in [1.807, 2.05) is 19.3 Å². The molecule has 0 radical (unpaired) electrons. The quantitative estimate of drug-likeness (QED) is 0.783. The van der Waals surface area contributed by atoms with Gasteiger partial charge in [0.25, 0.3) is 0 Å². The number of ether oxygens (including phenoxy) is 1. The minimum atomic E-state index is 0.694. The van der Waals surface area contributed by atoms with Crippen molar-refractivity contribution < 1.29 is 4.74 Å². The Morgan fingerprint density at radius 2 is 2.43 bits per heavy atom.